The molecule has 1 N–H and O–H groups in total. The molecule has 1 atom stereocenters. The Morgan fingerprint density at radius 2 is 1.72 bits per heavy atom. The summed E-state index contributed by atoms with van der Waals surface area (Å²) < 4.78 is 52.9. The predicted octanol–water partition coefficient (Wildman–Crippen LogP) is 4.30. The zero-order chi connectivity index (χ0) is 28.0. The van der Waals surface area contributed by atoms with Crippen molar-refractivity contribution in [1.82, 2.24) is 0 Å². The summed E-state index contributed by atoms with van der Waals surface area (Å²) in [4.78, 5) is 38.0. The summed E-state index contributed by atoms with van der Waals surface area (Å²) in [5.41, 5.74) is 1.93. The van der Waals surface area contributed by atoms with Crippen molar-refractivity contribution in [1.29, 1.82) is 0 Å². The van der Waals surface area contributed by atoms with Crippen LogP contribution in [0.1, 0.15) is 21.5 Å². The molecule has 0 radical (unpaired) electrons. The number of benzene rings is 3. The molecule has 0 aliphatic carbocycles. The quantitative estimate of drug-likeness (QED) is 0.360. The van der Waals surface area contributed by atoms with Crippen molar-refractivity contribution in [2.45, 2.75) is 18.7 Å². The Balaban J connectivity index is 1.35. The molecular weight excluding hydrogens is 519 g/mol. The summed E-state index contributed by atoms with van der Waals surface area (Å²) in [6, 6.07) is 19.8. The van der Waals surface area contributed by atoms with E-state index in [4.69, 9.17) is 14.6 Å². The van der Waals surface area contributed by atoms with Crippen molar-refractivity contribution in [3.63, 3.8) is 0 Å². The first-order valence-corrected chi connectivity index (χ1v) is 11.9. The Kier molecular flexibility index (Phi) is 8.50. The van der Waals surface area contributed by atoms with Crippen molar-refractivity contribution in [2.75, 3.05) is 31.3 Å². The Hall–Kier alpha value is -4.38. The molecule has 1 aliphatic heterocycles. The highest BCUT2D eigenvalue weighted by Gasteiger charge is 2.31. The number of carbonyl (C=O) groups excluding carboxylic acids is 2. The van der Waals surface area contributed by atoms with Gasteiger partial charge < -0.3 is 24.2 Å². The molecule has 1 unspecified atom stereocenters. The van der Waals surface area contributed by atoms with Crippen LogP contribution in [0.3, 0.4) is 0 Å². The molecule has 0 bridgehead atoms. The summed E-state index contributed by atoms with van der Waals surface area (Å²) in [7, 11) is 0. The largest absolute Gasteiger partial charge is 0.492 e. The highest BCUT2D eigenvalue weighted by atomic mass is 19.4. The third-order valence-electron chi connectivity index (χ3n) is 5.85. The average molecular weight is 543 g/mol. The Morgan fingerprint density at radius 3 is 2.38 bits per heavy atom. The zero-order valence-corrected chi connectivity index (χ0v) is 20.5. The molecule has 3 aromatic rings. The van der Waals surface area contributed by atoms with Gasteiger partial charge in [-0.25, -0.2) is 4.79 Å². The minimum absolute atomic E-state index is 0.113. The molecule has 39 heavy (non-hydrogen) atoms. The van der Waals surface area contributed by atoms with E-state index in [-0.39, 0.29) is 37.9 Å². The normalized spacial score (nSPS) is 13.8. The molecule has 0 saturated carbocycles. The van der Waals surface area contributed by atoms with Gasteiger partial charge in [0.15, 0.2) is 18.5 Å². The van der Waals surface area contributed by atoms with E-state index in [9.17, 15) is 27.6 Å². The van der Waals surface area contributed by atoms with Gasteiger partial charge >= 0.3 is 12.1 Å². The first-order chi connectivity index (χ1) is 18.6. The molecule has 3 aromatic carbocycles. The van der Waals surface area contributed by atoms with Crippen LogP contribution in [0.5, 0.6) is 11.5 Å². The van der Waals surface area contributed by atoms with E-state index >= 15 is 0 Å². The summed E-state index contributed by atoms with van der Waals surface area (Å²) in [6.07, 6.45) is -6.52. The third kappa shape index (κ3) is 7.35. The number of amides is 1. The van der Waals surface area contributed by atoms with Gasteiger partial charge in [0, 0.05) is 17.5 Å². The Bertz CT molecular complexity index is 1330. The predicted molar refractivity (Wildman–Crippen MR) is 133 cm³/mol. The molecule has 1 amide bonds. The summed E-state index contributed by atoms with van der Waals surface area (Å²) in [5, 5.41) is 9.14. The highest BCUT2D eigenvalue weighted by molar-refractivity contribution is 6.10. The van der Waals surface area contributed by atoms with Crippen LogP contribution in [0, 0.1) is 0 Å². The second-order valence-corrected chi connectivity index (χ2v) is 8.66. The minimum Gasteiger partial charge on any atom is -0.492 e. The van der Waals surface area contributed by atoms with Gasteiger partial charge in [0.25, 0.3) is 5.91 Å². The van der Waals surface area contributed by atoms with Crippen molar-refractivity contribution < 1.29 is 46.9 Å². The van der Waals surface area contributed by atoms with Crippen LogP contribution in [0.2, 0.25) is 0 Å². The van der Waals surface area contributed by atoms with E-state index in [1.807, 2.05) is 6.07 Å². The number of hydrogen-bond acceptors (Lipinski definition) is 6. The minimum atomic E-state index is -4.63. The first kappa shape index (κ1) is 27.6. The van der Waals surface area contributed by atoms with Gasteiger partial charge in [-0.15, -0.1) is 0 Å². The molecule has 4 rings (SSSR count). The Labute approximate surface area is 221 Å². The van der Waals surface area contributed by atoms with Gasteiger partial charge in [0.05, 0.1) is 12.2 Å². The molecule has 11 heteroatoms. The number of hydrogen-bond donors (Lipinski definition) is 1. The summed E-state index contributed by atoms with van der Waals surface area (Å²) in [5.74, 6) is -1.11. The second kappa shape index (κ2) is 12.0. The van der Waals surface area contributed by atoms with E-state index in [2.05, 4.69) is 4.74 Å². The van der Waals surface area contributed by atoms with Crippen LogP contribution in [0.25, 0.3) is 0 Å². The van der Waals surface area contributed by atoms with E-state index < -0.39 is 24.9 Å². The van der Waals surface area contributed by atoms with Crippen LogP contribution < -0.4 is 14.4 Å². The zero-order valence-electron chi connectivity index (χ0n) is 20.5. The van der Waals surface area contributed by atoms with Gasteiger partial charge in [-0.05, 0) is 35.9 Å². The number of halogens is 3. The Morgan fingerprint density at radius 1 is 1.00 bits per heavy atom. The van der Waals surface area contributed by atoms with Crippen LogP contribution >= 0.6 is 0 Å². The van der Waals surface area contributed by atoms with Gasteiger partial charge in [-0.3, -0.25) is 9.59 Å². The maximum atomic E-state index is 12.8. The van der Waals surface area contributed by atoms with Crippen LogP contribution in [0.15, 0.2) is 72.8 Å². The second-order valence-electron chi connectivity index (χ2n) is 8.66. The number of carbonyl (C=O) groups is 3. The lowest BCUT2D eigenvalue weighted by molar-refractivity contribution is -0.192. The third-order valence-corrected chi connectivity index (χ3v) is 5.85. The van der Waals surface area contributed by atoms with Gasteiger partial charge in [-0.2, -0.15) is 13.2 Å². The number of rotatable bonds is 11. The number of nitrogens with zero attached hydrogens (tertiary/aromatic N) is 1. The van der Waals surface area contributed by atoms with Gasteiger partial charge in [0.2, 0.25) is 0 Å². The van der Waals surface area contributed by atoms with Crippen LogP contribution in [-0.4, -0.2) is 61.4 Å². The lowest BCUT2D eigenvalue weighted by atomic mass is 10.0. The smallest absolute Gasteiger partial charge is 0.411 e. The standard InChI is InChI=1S/C28H24F3NO7/c29-28(30,31)17-39-24(27(35)36)14-18-6-9-21(10-7-18)37-13-12-32-22-11-8-20(15-23(22)38-16-25(32)33)26(34)19-4-2-1-3-5-19/h1-11,15,24H,12-14,16-17H2,(H,35,36). The van der Waals surface area contributed by atoms with Crippen molar-refractivity contribution in [2.24, 2.45) is 0 Å². The molecule has 8 nitrogen and oxygen atoms in total. The number of alkyl halides is 3. The molecule has 204 valence electrons. The number of fused-ring (bicyclic) bond motifs is 1. The molecule has 0 spiro atoms. The van der Waals surface area contributed by atoms with E-state index in [1.54, 1.807) is 54.6 Å². The van der Waals surface area contributed by atoms with Gasteiger partial charge in [-0.1, -0.05) is 42.5 Å². The average Bonchev–Trinajstić information content (AvgIpc) is 2.92. The van der Waals surface area contributed by atoms with Crippen molar-refractivity contribution in [3.8, 4) is 11.5 Å². The number of ketones is 1. The number of aliphatic carboxylic acids is 1. The summed E-state index contributed by atoms with van der Waals surface area (Å²) >= 11 is 0. The fourth-order valence-electron chi connectivity index (χ4n) is 3.95. The van der Waals surface area contributed by atoms with E-state index in [0.29, 0.717) is 33.9 Å². The maximum Gasteiger partial charge on any atom is 0.411 e. The fourth-order valence-corrected chi connectivity index (χ4v) is 3.95. The molecule has 1 heterocycles. The van der Waals surface area contributed by atoms with Crippen molar-refractivity contribution >= 4 is 23.3 Å². The lowest BCUT2D eigenvalue weighted by Gasteiger charge is -2.29. The summed E-state index contributed by atoms with van der Waals surface area (Å²) in [6.45, 7) is -1.54. The SMILES string of the molecule is O=C(c1ccccc1)c1ccc2c(c1)OCC(=O)N2CCOc1ccc(CC(OCC(F)(F)F)C(=O)O)cc1. The maximum absolute atomic E-state index is 12.8. The van der Waals surface area contributed by atoms with E-state index in [0.717, 1.165) is 0 Å². The number of carboxylic acids is 1. The molecule has 1 aliphatic rings. The van der Waals surface area contributed by atoms with Crippen molar-refractivity contribution in [3.05, 3.63) is 89.5 Å². The number of ether oxygens (including phenoxy) is 3. The monoisotopic (exact) mass is 543 g/mol. The molecule has 0 aromatic heterocycles. The van der Waals surface area contributed by atoms with Gasteiger partial charge in [0.1, 0.15) is 24.7 Å². The molecule has 0 fully saturated rings. The number of anilines is 1. The topological polar surface area (TPSA) is 102 Å². The molecule has 0 saturated heterocycles. The van der Waals surface area contributed by atoms with E-state index in [1.165, 1.54) is 17.0 Å². The van der Waals surface area contributed by atoms with Crippen LogP contribution in [0.4, 0.5) is 18.9 Å². The fraction of sp³-hybridized carbons (Fsp3) is 0.250. The highest BCUT2D eigenvalue weighted by Crippen LogP contribution is 2.33. The first-order valence-electron chi connectivity index (χ1n) is 11.9. The number of carboxylic acid groups (broad SMARTS) is 1. The van der Waals surface area contributed by atoms with Crippen LogP contribution in [-0.2, 0) is 20.7 Å². The molecular formula is C28H24F3NO7. The lowest BCUT2D eigenvalue weighted by Crippen LogP contribution is -2.41.